The number of amidine groups is 1. The second-order valence-electron chi connectivity index (χ2n) is 3.77. The zero-order valence-electron chi connectivity index (χ0n) is 10.1. The van der Waals surface area contributed by atoms with Crippen molar-refractivity contribution in [1.29, 1.82) is 0 Å². The van der Waals surface area contributed by atoms with Crippen molar-refractivity contribution in [1.82, 2.24) is 4.72 Å². The average molecular weight is 344 g/mol. The molecule has 4 N–H and O–H groups in total. The number of nitrogens with zero attached hydrogens (tertiary/aromatic N) is 1. The quantitative estimate of drug-likeness (QED) is 0.183. The van der Waals surface area contributed by atoms with Crippen molar-refractivity contribution in [3.8, 4) is 0 Å². The van der Waals surface area contributed by atoms with Crippen molar-refractivity contribution in [3.05, 3.63) is 28.0 Å². The normalized spacial score (nSPS) is 12.7. The van der Waals surface area contributed by atoms with Crippen molar-refractivity contribution in [3.63, 3.8) is 0 Å². The van der Waals surface area contributed by atoms with Gasteiger partial charge in [-0.15, -0.1) is 0 Å². The minimum absolute atomic E-state index is 0.0141. The fourth-order valence-electron chi connectivity index (χ4n) is 1.32. The first-order valence-corrected chi connectivity index (χ1v) is 7.63. The number of rotatable bonds is 6. The van der Waals surface area contributed by atoms with Gasteiger partial charge in [0.1, 0.15) is 10.7 Å². The maximum atomic E-state index is 13.4. The standard InChI is InChI=1S/C10H12Cl2FN3O3S/c11-6-3-4-7(9(12)10(6)13)20(18,19)15-5-1-2-8(14)16-17/h3-4,15,17H,1-2,5H2,(H2,14,16). The minimum atomic E-state index is -3.96. The van der Waals surface area contributed by atoms with Gasteiger partial charge in [-0.25, -0.2) is 17.5 Å². The summed E-state index contributed by atoms with van der Waals surface area (Å²) in [6.07, 6.45) is 0.518. The molecule has 0 fully saturated rings. The molecule has 0 amide bonds. The van der Waals surface area contributed by atoms with Gasteiger partial charge in [-0.1, -0.05) is 28.4 Å². The molecule has 0 saturated carbocycles. The Morgan fingerprint density at radius 3 is 2.70 bits per heavy atom. The maximum absolute atomic E-state index is 13.4. The smallest absolute Gasteiger partial charge is 0.242 e. The van der Waals surface area contributed by atoms with Crippen LogP contribution in [0.4, 0.5) is 4.39 Å². The predicted octanol–water partition coefficient (Wildman–Crippen LogP) is 1.94. The Morgan fingerprint density at radius 2 is 2.10 bits per heavy atom. The van der Waals surface area contributed by atoms with E-state index in [1.54, 1.807) is 0 Å². The van der Waals surface area contributed by atoms with Crippen molar-refractivity contribution < 1.29 is 18.0 Å². The lowest BCUT2D eigenvalue weighted by atomic mass is 10.3. The minimum Gasteiger partial charge on any atom is -0.409 e. The molecule has 0 radical (unpaired) electrons. The van der Waals surface area contributed by atoms with E-state index in [1.807, 2.05) is 0 Å². The Kier molecular flexibility index (Phi) is 6.00. The number of nitrogens with two attached hydrogens (primary N) is 1. The monoisotopic (exact) mass is 343 g/mol. The van der Waals surface area contributed by atoms with Crippen LogP contribution in [0.15, 0.2) is 22.2 Å². The highest BCUT2D eigenvalue weighted by atomic mass is 35.5. The second kappa shape index (κ2) is 7.07. The van der Waals surface area contributed by atoms with E-state index in [1.165, 1.54) is 0 Å². The Morgan fingerprint density at radius 1 is 1.45 bits per heavy atom. The van der Waals surface area contributed by atoms with E-state index in [2.05, 4.69) is 9.88 Å². The van der Waals surface area contributed by atoms with Crippen LogP contribution in [0.5, 0.6) is 0 Å². The first-order valence-electron chi connectivity index (χ1n) is 5.39. The van der Waals surface area contributed by atoms with Gasteiger partial charge in [-0.2, -0.15) is 0 Å². The van der Waals surface area contributed by atoms with E-state index >= 15 is 0 Å². The van der Waals surface area contributed by atoms with Gasteiger partial charge in [-0.05, 0) is 18.6 Å². The molecule has 6 nitrogen and oxygen atoms in total. The molecule has 1 rings (SSSR count). The molecule has 0 aromatic heterocycles. The first kappa shape index (κ1) is 17.0. The van der Waals surface area contributed by atoms with Crippen LogP contribution in [0.1, 0.15) is 12.8 Å². The van der Waals surface area contributed by atoms with Crippen LogP contribution in [0.2, 0.25) is 10.0 Å². The molecule has 20 heavy (non-hydrogen) atoms. The third-order valence-electron chi connectivity index (χ3n) is 2.32. The summed E-state index contributed by atoms with van der Waals surface area (Å²) in [6, 6.07) is 2.22. The van der Waals surface area contributed by atoms with E-state index < -0.39 is 25.8 Å². The van der Waals surface area contributed by atoms with Gasteiger partial charge in [0.2, 0.25) is 10.0 Å². The lowest BCUT2D eigenvalue weighted by molar-refractivity contribution is 0.316. The molecule has 10 heteroatoms. The second-order valence-corrected chi connectivity index (χ2v) is 6.29. The molecule has 0 saturated heterocycles. The number of hydrogen-bond acceptors (Lipinski definition) is 4. The van der Waals surface area contributed by atoms with E-state index in [0.29, 0.717) is 6.42 Å². The van der Waals surface area contributed by atoms with Crippen LogP contribution in [-0.2, 0) is 10.0 Å². The van der Waals surface area contributed by atoms with Gasteiger partial charge in [-0.3, -0.25) is 0 Å². The zero-order chi connectivity index (χ0) is 15.3. The largest absolute Gasteiger partial charge is 0.409 e. The van der Waals surface area contributed by atoms with Gasteiger partial charge >= 0.3 is 0 Å². The molecule has 0 atom stereocenters. The Hall–Kier alpha value is -1.09. The Bertz CT molecular complexity index is 622. The summed E-state index contributed by atoms with van der Waals surface area (Å²) in [4.78, 5) is -0.398. The lowest BCUT2D eigenvalue weighted by Crippen LogP contribution is -2.26. The molecular formula is C10H12Cl2FN3O3S. The lowest BCUT2D eigenvalue weighted by Gasteiger charge is -2.09. The molecular weight excluding hydrogens is 332 g/mol. The molecule has 0 unspecified atom stereocenters. The van der Waals surface area contributed by atoms with Gasteiger partial charge in [0.25, 0.3) is 0 Å². The highest BCUT2D eigenvalue weighted by Gasteiger charge is 2.21. The fourth-order valence-corrected chi connectivity index (χ4v) is 3.14. The van der Waals surface area contributed by atoms with Crippen LogP contribution < -0.4 is 10.5 Å². The van der Waals surface area contributed by atoms with Crippen molar-refractivity contribution in [2.24, 2.45) is 10.9 Å². The van der Waals surface area contributed by atoms with Crippen molar-refractivity contribution in [2.45, 2.75) is 17.7 Å². The summed E-state index contributed by atoms with van der Waals surface area (Å²) in [7, 11) is -3.96. The van der Waals surface area contributed by atoms with Gasteiger partial charge in [0, 0.05) is 13.0 Å². The number of nitrogens with one attached hydrogen (secondary N) is 1. The first-order chi connectivity index (χ1) is 9.29. The summed E-state index contributed by atoms with van der Waals surface area (Å²) in [5.74, 6) is -1.01. The molecule has 0 aliphatic heterocycles. The van der Waals surface area contributed by atoms with Crippen LogP contribution in [-0.4, -0.2) is 26.0 Å². The van der Waals surface area contributed by atoms with Crippen LogP contribution >= 0.6 is 23.2 Å². The zero-order valence-corrected chi connectivity index (χ0v) is 12.4. The maximum Gasteiger partial charge on any atom is 0.242 e. The van der Waals surface area contributed by atoms with E-state index in [4.69, 9.17) is 34.1 Å². The third-order valence-corrected chi connectivity index (χ3v) is 4.60. The topological polar surface area (TPSA) is 105 Å². The Labute approximate surface area is 125 Å². The molecule has 1 aromatic carbocycles. The number of sulfonamides is 1. The summed E-state index contributed by atoms with van der Waals surface area (Å²) >= 11 is 11.1. The average Bonchev–Trinajstić information content (AvgIpc) is 2.40. The summed E-state index contributed by atoms with van der Waals surface area (Å²) in [5.41, 5.74) is 5.23. The third kappa shape index (κ3) is 4.20. The predicted molar refractivity (Wildman–Crippen MR) is 74.3 cm³/mol. The highest BCUT2D eigenvalue weighted by molar-refractivity contribution is 7.89. The van der Waals surface area contributed by atoms with Gasteiger partial charge in [0.05, 0.1) is 10.0 Å². The van der Waals surface area contributed by atoms with E-state index in [-0.39, 0.29) is 23.8 Å². The van der Waals surface area contributed by atoms with Gasteiger partial charge in [0.15, 0.2) is 5.82 Å². The van der Waals surface area contributed by atoms with E-state index in [0.717, 1.165) is 12.1 Å². The van der Waals surface area contributed by atoms with E-state index in [9.17, 15) is 12.8 Å². The molecule has 0 aliphatic rings. The SMILES string of the molecule is N/C(CCCNS(=O)(=O)c1ccc(Cl)c(F)c1Cl)=N/O. The highest BCUT2D eigenvalue weighted by Crippen LogP contribution is 2.29. The van der Waals surface area contributed by atoms with Crippen LogP contribution in [0.25, 0.3) is 0 Å². The van der Waals surface area contributed by atoms with Crippen molar-refractivity contribution in [2.75, 3.05) is 6.54 Å². The molecule has 112 valence electrons. The number of benzene rings is 1. The van der Waals surface area contributed by atoms with Gasteiger partial charge < -0.3 is 10.9 Å². The summed E-state index contributed by atoms with van der Waals surface area (Å²) in [5, 5.41) is 10.2. The van der Waals surface area contributed by atoms with Crippen LogP contribution in [0.3, 0.4) is 0 Å². The molecule has 0 spiro atoms. The number of oxime groups is 1. The van der Waals surface area contributed by atoms with Crippen LogP contribution in [0, 0.1) is 5.82 Å². The molecule has 0 aliphatic carbocycles. The molecule has 0 bridgehead atoms. The molecule has 1 aromatic rings. The molecule has 0 heterocycles. The van der Waals surface area contributed by atoms with Crippen molar-refractivity contribution >= 4 is 39.1 Å². The fraction of sp³-hybridized carbons (Fsp3) is 0.300. The number of hydrogen-bond donors (Lipinski definition) is 3. The number of halogens is 3. The summed E-state index contributed by atoms with van der Waals surface area (Å²) < 4.78 is 39.5. The Balaban J connectivity index is 2.78. The summed E-state index contributed by atoms with van der Waals surface area (Å²) in [6.45, 7) is 0.0269.